The molecule has 0 amide bonds. The fourth-order valence-corrected chi connectivity index (χ4v) is 4.13. The van der Waals surface area contributed by atoms with Gasteiger partial charge in [-0.15, -0.1) is 0 Å². The van der Waals surface area contributed by atoms with Gasteiger partial charge in [-0.3, -0.25) is 0 Å². The van der Waals surface area contributed by atoms with E-state index in [0.29, 0.717) is 0 Å². The second kappa shape index (κ2) is 11.2. The van der Waals surface area contributed by atoms with Crippen LogP contribution in [0.2, 0.25) is 39.3 Å². The van der Waals surface area contributed by atoms with E-state index in [1.165, 1.54) is 0 Å². The molecule has 0 saturated carbocycles. The first-order valence-corrected chi connectivity index (χ1v) is 13.7. The first kappa shape index (κ1) is 26.5. The van der Waals surface area contributed by atoms with Crippen LogP contribution in [-0.4, -0.2) is 16.1 Å². The molecule has 0 fully saturated rings. The number of hydrogen-bond acceptors (Lipinski definition) is 0. The molecule has 0 N–H and O–H groups in total. The van der Waals surface area contributed by atoms with Crippen molar-refractivity contribution in [3.63, 3.8) is 0 Å². The number of halogens is 2. The van der Waals surface area contributed by atoms with E-state index in [1.54, 1.807) is 10.4 Å². The Morgan fingerprint density at radius 3 is 0.810 bits per heavy atom. The van der Waals surface area contributed by atoms with Gasteiger partial charge in [0, 0.05) is 16.1 Å². The summed E-state index contributed by atoms with van der Waals surface area (Å²) in [4.78, 5) is 0. The molecule has 0 aliphatic rings. The molecule has 0 radical (unpaired) electrons. The van der Waals surface area contributed by atoms with Gasteiger partial charge < -0.3 is 24.8 Å². The van der Waals surface area contributed by atoms with Crippen LogP contribution in [0.15, 0.2) is 48.5 Å². The summed E-state index contributed by atoms with van der Waals surface area (Å²) >= 11 is 0. The molecule has 0 aliphatic carbocycles. The molecule has 2 rings (SSSR count). The Labute approximate surface area is 164 Å². The van der Waals surface area contributed by atoms with Crippen molar-refractivity contribution in [3.8, 4) is 0 Å². The molecule has 0 saturated heterocycles. The number of rotatable bonds is 2. The molecule has 0 unspecified atom stereocenters. The zero-order valence-electron chi connectivity index (χ0n) is 13.9. The van der Waals surface area contributed by atoms with Crippen molar-refractivity contribution < 1.29 is 50.7 Å². The molecule has 2 aromatic carbocycles. The predicted molar refractivity (Wildman–Crippen MR) is 90.0 cm³/mol. The Hall–Kier alpha value is 0.584. The van der Waals surface area contributed by atoms with E-state index in [4.69, 9.17) is 0 Å². The van der Waals surface area contributed by atoms with Crippen LogP contribution in [0, 0.1) is 0 Å². The summed E-state index contributed by atoms with van der Waals surface area (Å²) < 4.78 is 0. The molecule has 0 spiro atoms. The van der Waals surface area contributed by atoms with E-state index in [0.717, 1.165) is 0 Å². The second-order valence-electron chi connectivity index (χ2n) is 6.85. The van der Waals surface area contributed by atoms with E-state index < -0.39 is 16.1 Å². The summed E-state index contributed by atoms with van der Waals surface area (Å²) in [6.45, 7) is 14.2. The molecule has 0 heterocycles. The van der Waals surface area contributed by atoms with E-state index in [9.17, 15) is 0 Å². The molecule has 116 valence electrons. The Balaban J connectivity index is -0.000000270. The van der Waals surface area contributed by atoms with Crippen molar-refractivity contribution in [2.24, 2.45) is 0 Å². The van der Waals surface area contributed by atoms with Crippen molar-refractivity contribution in [2.75, 3.05) is 0 Å². The van der Waals surface area contributed by atoms with E-state index in [-0.39, 0.29) is 50.7 Å². The van der Waals surface area contributed by atoms with Crippen molar-refractivity contribution in [2.45, 2.75) is 39.3 Å². The van der Waals surface area contributed by atoms with Crippen LogP contribution in [0.4, 0.5) is 0 Å². The maximum atomic E-state index is 2.36. The molecular formula is C16H26Cl2HfSi2. The minimum absolute atomic E-state index is 0. The number of hydrogen-bond donors (Lipinski definition) is 0. The van der Waals surface area contributed by atoms with Crippen molar-refractivity contribution in [3.05, 3.63) is 48.5 Å². The van der Waals surface area contributed by atoms with Crippen LogP contribution in [0.3, 0.4) is 0 Å². The molecule has 0 nitrogen and oxygen atoms in total. The van der Waals surface area contributed by atoms with Crippen LogP contribution >= 0.6 is 0 Å². The molecule has 5 heteroatoms. The second-order valence-corrected chi connectivity index (χ2v) is 17.0. The Morgan fingerprint density at radius 1 is 0.524 bits per heavy atom. The Morgan fingerprint density at radius 2 is 0.714 bits per heavy atom. The standard InChI is InChI=1S/2C8H13Si.2ClH.Hf/c2*1-9(2,3)8-6-4-5-7-8;;;/h2*4-7H,1-3H3;2*1H;/q2*-1;;;+4/p-2. The zero-order valence-corrected chi connectivity index (χ0v) is 21.0. The monoisotopic (exact) mass is 524 g/mol. The third-order valence-corrected chi connectivity index (χ3v) is 7.19. The van der Waals surface area contributed by atoms with E-state index >= 15 is 0 Å². The Kier molecular flexibility index (Phi) is 14.1. The van der Waals surface area contributed by atoms with Gasteiger partial charge in [0.2, 0.25) is 0 Å². The minimum atomic E-state index is -0.981. The summed E-state index contributed by atoms with van der Waals surface area (Å²) in [6, 6.07) is 17.4. The van der Waals surface area contributed by atoms with Crippen LogP contribution in [0.1, 0.15) is 0 Å². The normalized spacial score (nSPS) is 10.2. The van der Waals surface area contributed by atoms with Crippen LogP contribution in [0.25, 0.3) is 0 Å². The van der Waals surface area contributed by atoms with Crippen LogP contribution in [-0.2, 0) is 25.8 Å². The van der Waals surface area contributed by atoms with Gasteiger partial charge in [0.05, 0.1) is 0 Å². The summed E-state index contributed by atoms with van der Waals surface area (Å²) in [5.41, 5.74) is 0. The third kappa shape index (κ3) is 10.1. The molecule has 0 aromatic heterocycles. The summed E-state index contributed by atoms with van der Waals surface area (Å²) in [5, 5.41) is 3.12. The van der Waals surface area contributed by atoms with E-state index in [1.807, 2.05) is 0 Å². The van der Waals surface area contributed by atoms with Gasteiger partial charge in [0.25, 0.3) is 0 Å². The van der Waals surface area contributed by atoms with Gasteiger partial charge in [-0.05, 0) is 0 Å². The zero-order chi connectivity index (χ0) is 13.8. The maximum Gasteiger partial charge on any atom is 4.00 e. The van der Waals surface area contributed by atoms with Gasteiger partial charge in [-0.25, -0.2) is 24.3 Å². The average Bonchev–Trinajstić information content (AvgIpc) is 2.91. The smallest absolute Gasteiger partial charge is 1.00 e. The topological polar surface area (TPSA) is 0 Å². The van der Waals surface area contributed by atoms with Crippen molar-refractivity contribution in [1.29, 1.82) is 0 Å². The molecule has 2 aromatic rings. The molecular weight excluding hydrogens is 498 g/mol. The largest absolute Gasteiger partial charge is 4.00 e. The van der Waals surface area contributed by atoms with Gasteiger partial charge >= 0.3 is 25.8 Å². The summed E-state index contributed by atoms with van der Waals surface area (Å²) in [5.74, 6) is 0. The predicted octanol–water partition coefficient (Wildman–Crippen LogP) is -2.09. The van der Waals surface area contributed by atoms with Gasteiger partial charge in [0.1, 0.15) is 0 Å². The molecule has 0 atom stereocenters. The van der Waals surface area contributed by atoms with Gasteiger partial charge in [-0.2, -0.15) is 34.6 Å². The Bertz CT molecular complexity index is 393. The summed E-state index contributed by atoms with van der Waals surface area (Å²) in [7, 11) is -1.96. The van der Waals surface area contributed by atoms with Crippen molar-refractivity contribution >= 4 is 26.5 Å². The fourth-order valence-electron chi connectivity index (χ4n) is 1.75. The quantitative estimate of drug-likeness (QED) is 0.313. The molecule has 21 heavy (non-hydrogen) atoms. The molecule has 0 bridgehead atoms. The SMILES string of the molecule is C[Si](C)(C)[c-]1cccc1.C[Si](C)(C)[c-]1cccc1.[Cl-].[Cl-].[Hf+4]. The van der Waals surface area contributed by atoms with Crippen molar-refractivity contribution in [1.82, 2.24) is 0 Å². The first-order valence-electron chi connectivity index (χ1n) is 6.65. The van der Waals surface area contributed by atoms with Crippen LogP contribution < -0.4 is 35.2 Å². The fraction of sp³-hybridized carbons (Fsp3) is 0.375. The minimum Gasteiger partial charge on any atom is -1.00 e. The first-order chi connectivity index (χ1) is 8.21. The molecule has 0 aliphatic heterocycles. The van der Waals surface area contributed by atoms with Crippen LogP contribution in [0.5, 0.6) is 0 Å². The average molecular weight is 524 g/mol. The third-order valence-electron chi connectivity index (χ3n) is 3.06. The van der Waals surface area contributed by atoms with Gasteiger partial charge in [0.15, 0.2) is 0 Å². The van der Waals surface area contributed by atoms with Gasteiger partial charge in [-0.1, -0.05) is 39.3 Å². The summed E-state index contributed by atoms with van der Waals surface area (Å²) in [6.07, 6.45) is 0. The maximum absolute atomic E-state index is 2.36. The van der Waals surface area contributed by atoms with E-state index in [2.05, 4.69) is 87.8 Å².